The van der Waals surface area contributed by atoms with Crippen molar-refractivity contribution in [2.75, 3.05) is 20.3 Å². The Morgan fingerprint density at radius 1 is 1.41 bits per heavy atom. The van der Waals surface area contributed by atoms with Crippen LogP contribution in [-0.2, 0) is 23.5 Å². The minimum atomic E-state index is -4.52. The highest BCUT2D eigenvalue weighted by Gasteiger charge is 2.74. The van der Waals surface area contributed by atoms with Crippen LogP contribution >= 0.6 is 0 Å². The quantitative estimate of drug-likeness (QED) is 0.234. The zero-order valence-electron chi connectivity index (χ0n) is 14.0. The lowest BCUT2D eigenvalue weighted by atomic mass is 9.86. The van der Waals surface area contributed by atoms with Crippen LogP contribution in [0.25, 0.3) is 0 Å². The number of carbonyl (C=O) groups excluding carboxylic acids is 1. The van der Waals surface area contributed by atoms with E-state index in [0.717, 1.165) is 12.0 Å². The maximum atomic E-state index is 11.6. The van der Waals surface area contributed by atoms with E-state index < -0.39 is 52.7 Å². The second-order valence-electron chi connectivity index (χ2n) is 6.03. The number of nitrogens with two attached hydrogens (primary N) is 3. The maximum absolute atomic E-state index is 11.6. The Kier molecular flexibility index (Phi) is 4.35. The van der Waals surface area contributed by atoms with Crippen molar-refractivity contribution in [1.82, 2.24) is 10.2 Å². The van der Waals surface area contributed by atoms with Crippen LogP contribution in [0.15, 0.2) is 9.98 Å². The van der Waals surface area contributed by atoms with Gasteiger partial charge in [0.05, 0.1) is 13.7 Å². The Morgan fingerprint density at radius 2 is 2.07 bits per heavy atom. The average molecular weight is 409 g/mol. The average Bonchev–Trinajstić information content (AvgIpc) is 3.02. The van der Waals surface area contributed by atoms with Crippen molar-refractivity contribution in [3.63, 3.8) is 0 Å². The lowest BCUT2D eigenvalue weighted by Gasteiger charge is -2.48. The number of hydrogen-bond donors (Lipinski definition) is 6. The topological polar surface area (TPSA) is 237 Å². The molecule has 4 atom stereocenters. The van der Waals surface area contributed by atoms with Gasteiger partial charge in [0.25, 0.3) is 0 Å². The van der Waals surface area contributed by atoms with Gasteiger partial charge in [-0.05, 0) is 0 Å². The first kappa shape index (κ1) is 19.4. The predicted octanol–water partition coefficient (Wildman–Crippen LogP) is -4.97. The summed E-state index contributed by atoms with van der Waals surface area (Å²) >= 11 is 0. The van der Waals surface area contributed by atoms with E-state index in [9.17, 15) is 23.4 Å². The molecular weight excluding hydrogens is 390 g/mol. The summed E-state index contributed by atoms with van der Waals surface area (Å²) in [5, 5.41) is 24.3. The minimum absolute atomic E-state index is 0.193. The van der Waals surface area contributed by atoms with Gasteiger partial charge in [0.2, 0.25) is 5.79 Å². The third kappa shape index (κ3) is 2.81. The Hall–Kier alpha value is -2.40. The summed E-state index contributed by atoms with van der Waals surface area (Å²) in [7, 11) is -3.68. The van der Waals surface area contributed by atoms with E-state index in [2.05, 4.69) is 19.5 Å². The number of hydrogen-bond acceptors (Lipinski definition) is 14. The van der Waals surface area contributed by atoms with Crippen molar-refractivity contribution in [2.24, 2.45) is 27.2 Å². The van der Waals surface area contributed by atoms with Gasteiger partial charge in [0.15, 0.2) is 23.7 Å². The largest absolute Gasteiger partial charge is 0.447 e. The molecule has 0 radical (unpaired) electrons. The summed E-state index contributed by atoms with van der Waals surface area (Å²) in [4.78, 5) is 20.3. The normalized spacial score (nSPS) is 34.2. The molecular formula is C11H19N7O8S. The third-order valence-electron chi connectivity index (χ3n) is 4.58. The number of nitrogens with one attached hydrogen (secondary N) is 1. The molecule has 0 aliphatic carbocycles. The van der Waals surface area contributed by atoms with Crippen LogP contribution in [0.1, 0.15) is 0 Å². The SMILES string of the molecule is COS(=O)(=O)O[C@@H]1CN2C(N)=N[C@@H](COC(N)=O)[C@@H]3N=C(N)N[C@@]32C1(O)O. The molecule has 1 spiro atoms. The molecule has 1 amide bonds. The van der Waals surface area contributed by atoms with Crippen molar-refractivity contribution in [3.8, 4) is 0 Å². The predicted molar refractivity (Wildman–Crippen MR) is 86.9 cm³/mol. The van der Waals surface area contributed by atoms with Crippen LogP contribution in [0.4, 0.5) is 4.79 Å². The van der Waals surface area contributed by atoms with Gasteiger partial charge in [0, 0.05) is 0 Å². The molecule has 0 aromatic carbocycles. The standard InChI is InChI=1S/C11H19N7O8S/c1-24-27(22,23)26-5-2-18-8(13)15-4(3-25-9(14)19)6-10(18,11(5,20)21)17-7(12)16-6/h4-6,20-21H,2-3H2,1H3,(H2,13,15)(H2,14,19)(H3,12,16,17)/t4-,5+,6-,10-/m0/s1. The van der Waals surface area contributed by atoms with E-state index in [1.54, 1.807) is 0 Å². The van der Waals surface area contributed by atoms with E-state index >= 15 is 0 Å². The molecule has 16 heteroatoms. The second-order valence-corrected chi connectivity index (χ2v) is 7.37. The van der Waals surface area contributed by atoms with Gasteiger partial charge in [-0.25, -0.2) is 19.0 Å². The van der Waals surface area contributed by atoms with Gasteiger partial charge in [-0.2, -0.15) is 8.42 Å². The van der Waals surface area contributed by atoms with Crippen LogP contribution in [-0.4, -0.2) is 91.4 Å². The van der Waals surface area contributed by atoms with Crippen LogP contribution < -0.4 is 22.5 Å². The van der Waals surface area contributed by atoms with Gasteiger partial charge >= 0.3 is 16.5 Å². The van der Waals surface area contributed by atoms with Crippen LogP contribution in [0.3, 0.4) is 0 Å². The van der Waals surface area contributed by atoms with Crippen molar-refractivity contribution < 1.29 is 36.5 Å². The first-order valence-corrected chi connectivity index (χ1v) is 8.86. The maximum Gasteiger partial charge on any atom is 0.404 e. The van der Waals surface area contributed by atoms with E-state index in [-0.39, 0.29) is 18.5 Å². The van der Waals surface area contributed by atoms with E-state index in [0.29, 0.717) is 0 Å². The van der Waals surface area contributed by atoms with Crippen molar-refractivity contribution >= 4 is 28.4 Å². The molecule has 3 aliphatic heterocycles. The zero-order chi connectivity index (χ0) is 20.2. The molecule has 0 bridgehead atoms. The molecule has 1 saturated heterocycles. The summed E-state index contributed by atoms with van der Waals surface area (Å²) in [6, 6.07) is -2.11. The number of aliphatic hydroxyl groups is 2. The highest BCUT2D eigenvalue weighted by Crippen LogP contribution is 2.46. The Morgan fingerprint density at radius 3 is 2.67 bits per heavy atom. The fraction of sp³-hybridized carbons (Fsp3) is 0.727. The summed E-state index contributed by atoms with van der Waals surface area (Å²) in [6.07, 6.45) is -2.82. The van der Waals surface area contributed by atoms with Gasteiger partial charge in [-0.3, -0.25) is 4.18 Å². The molecule has 15 nitrogen and oxygen atoms in total. The highest BCUT2D eigenvalue weighted by molar-refractivity contribution is 7.81. The fourth-order valence-corrected chi connectivity index (χ4v) is 4.04. The number of carbonyl (C=O) groups is 1. The summed E-state index contributed by atoms with van der Waals surface area (Å²) in [6.45, 7) is -0.784. The van der Waals surface area contributed by atoms with Gasteiger partial charge < -0.3 is 42.4 Å². The number of ether oxygens (including phenoxy) is 1. The first-order valence-electron chi connectivity index (χ1n) is 7.53. The smallest absolute Gasteiger partial charge is 0.404 e. The van der Waals surface area contributed by atoms with E-state index in [1.807, 2.05) is 0 Å². The number of nitrogens with zero attached hydrogens (tertiary/aromatic N) is 3. The summed E-state index contributed by atoms with van der Waals surface area (Å²) < 4.78 is 36.9. The molecule has 0 aromatic rings. The monoisotopic (exact) mass is 409 g/mol. The second kappa shape index (κ2) is 6.06. The number of aliphatic imine (C=N–C) groups is 2. The van der Waals surface area contributed by atoms with E-state index in [4.69, 9.17) is 26.1 Å². The number of rotatable bonds is 5. The van der Waals surface area contributed by atoms with Gasteiger partial charge in [-0.15, -0.1) is 0 Å². The number of amides is 1. The summed E-state index contributed by atoms with van der Waals surface area (Å²) in [5.41, 5.74) is 14.6. The molecule has 0 aromatic heterocycles. The molecule has 0 saturated carbocycles. The molecule has 3 aliphatic rings. The lowest BCUT2D eigenvalue weighted by Crippen LogP contribution is -2.77. The number of primary amides is 1. The van der Waals surface area contributed by atoms with Crippen molar-refractivity contribution in [3.05, 3.63) is 0 Å². The highest BCUT2D eigenvalue weighted by atomic mass is 32.3. The molecule has 3 rings (SSSR count). The lowest BCUT2D eigenvalue weighted by molar-refractivity contribution is -0.252. The Bertz CT molecular complexity index is 814. The van der Waals surface area contributed by atoms with Crippen molar-refractivity contribution in [1.29, 1.82) is 0 Å². The van der Waals surface area contributed by atoms with Crippen LogP contribution in [0, 0.1) is 0 Å². The molecule has 3 heterocycles. The number of guanidine groups is 2. The fourth-order valence-electron chi connectivity index (χ4n) is 3.49. The Balaban J connectivity index is 2.02. The van der Waals surface area contributed by atoms with Crippen LogP contribution in [0.5, 0.6) is 0 Å². The molecule has 152 valence electrons. The van der Waals surface area contributed by atoms with Crippen molar-refractivity contribution in [2.45, 2.75) is 29.6 Å². The van der Waals surface area contributed by atoms with Gasteiger partial charge in [0.1, 0.15) is 18.7 Å². The third-order valence-corrected chi connectivity index (χ3v) is 5.46. The Labute approximate surface area is 153 Å². The van der Waals surface area contributed by atoms with Gasteiger partial charge in [-0.1, -0.05) is 0 Å². The molecule has 27 heavy (non-hydrogen) atoms. The summed E-state index contributed by atoms with van der Waals surface area (Å²) in [5.74, 6) is -3.28. The molecule has 1 fully saturated rings. The van der Waals surface area contributed by atoms with Crippen LogP contribution in [0.2, 0.25) is 0 Å². The van der Waals surface area contributed by atoms with E-state index in [1.165, 1.54) is 0 Å². The first-order chi connectivity index (χ1) is 12.4. The zero-order valence-corrected chi connectivity index (χ0v) is 14.8. The minimum Gasteiger partial charge on any atom is -0.447 e. The molecule has 0 unspecified atom stereocenters. The molecule has 9 N–H and O–H groups in total.